The fraction of sp³-hybridized carbons (Fsp3) is 0.417. The normalized spacial score (nSPS) is 10.2. The van der Waals surface area contributed by atoms with Gasteiger partial charge in [0.05, 0.1) is 6.54 Å². The van der Waals surface area contributed by atoms with Crippen LogP contribution in [0.4, 0.5) is 5.69 Å². The maximum absolute atomic E-state index is 11.5. The van der Waals surface area contributed by atoms with Crippen LogP contribution in [0.15, 0.2) is 22.7 Å². The lowest BCUT2D eigenvalue weighted by Gasteiger charge is -2.10. The fourth-order valence-electron chi connectivity index (χ4n) is 1.41. The Morgan fingerprint density at radius 2 is 2.12 bits per heavy atom. The molecule has 4 heteroatoms. The molecule has 0 fully saturated rings. The van der Waals surface area contributed by atoms with Gasteiger partial charge in [-0.05, 0) is 36.7 Å². The molecule has 0 saturated carbocycles. The van der Waals surface area contributed by atoms with E-state index in [1.165, 1.54) is 0 Å². The van der Waals surface area contributed by atoms with Gasteiger partial charge in [-0.1, -0.05) is 29.8 Å². The van der Waals surface area contributed by atoms with E-state index in [1.54, 1.807) is 0 Å². The van der Waals surface area contributed by atoms with E-state index < -0.39 is 0 Å². The molecule has 0 unspecified atom stereocenters. The van der Waals surface area contributed by atoms with Crippen LogP contribution >= 0.6 is 15.9 Å². The smallest absolute Gasteiger partial charge is 0.238 e. The SMILES string of the molecule is CCNCC(=O)Nc1ccc(Br)cc1CC. The number of rotatable bonds is 5. The van der Waals surface area contributed by atoms with Gasteiger partial charge in [0.25, 0.3) is 0 Å². The number of hydrogen-bond acceptors (Lipinski definition) is 2. The Morgan fingerprint density at radius 3 is 2.75 bits per heavy atom. The van der Waals surface area contributed by atoms with Crippen LogP contribution in [0.5, 0.6) is 0 Å². The van der Waals surface area contributed by atoms with E-state index in [0.717, 1.165) is 28.7 Å². The molecule has 2 N–H and O–H groups in total. The fourth-order valence-corrected chi connectivity index (χ4v) is 1.82. The average Bonchev–Trinajstić information content (AvgIpc) is 2.28. The van der Waals surface area contributed by atoms with Crippen LogP contribution in [0, 0.1) is 0 Å². The summed E-state index contributed by atoms with van der Waals surface area (Å²) in [5.74, 6) is -0.00104. The second-order valence-electron chi connectivity index (χ2n) is 3.48. The minimum Gasteiger partial charge on any atom is -0.325 e. The first-order valence-corrected chi connectivity index (χ1v) is 6.25. The van der Waals surface area contributed by atoms with Gasteiger partial charge < -0.3 is 10.6 Å². The quantitative estimate of drug-likeness (QED) is 0.873. The molecule has 0 saturated heterocycles. The van der Waals surface area contributed by atoms with Gasteiger partial charge in [0, 0.05) is 10.2 Å². The molecule has 1 amide bonds. The number of benzene rings is 1. The van der Waals surface area contributed by atoms with Gasteiger partial charge in [-0.25, -0.2) is 0 Å². The summed E-state index contributed by atoms with van der Waals surface area (Å²) in [6.45, 7) is 5.20. The molecule has 88 valence electrons. The van der Waals surface area contributed by atoms with Gasteiger partial charge >= 0.3 is 0 Å². The lowest BCUT2D eigenvalue weighted by Crippen LogP contribution is -2.28. The highest BCUT2D eigenvalue weighted by atomic mass is 79.9. The first-order chi connectivity index (χ1) is 7.67. The topological polar surface area (TPSA) is 41.1 Å². The van der Waals surface area contributed by atoms with Gasteiger partial charge in [-0.3, -0.25) is 4.79 Å². The third-order valence-corrected chi connectivity index (χ3v) is 2.75. The Labute approximate surface area is 105 Å². The summed E-state index contributed by atoms with van der Waals surface area (Å²) in [5, 5.41) is 5.90. The minimum atomic E-state index is -0.00104. The van der Waals surface area contributed by atoms with Crippen molar-refractivity contribution in [1.29, 1.82) is 0 Å². The maximum Gasteiger partial charge on any atom is 0.238 e. The molecule has 0 spiro atoms. The number of nitrogens with one attached hydrogen (secondary N) is 2. The molecular weight excluding hydrogens is 268 g/mol. The molecule has 16 heavy (non-hydrogen) atoms. The molecule has 3 nitrogen and oxygen atoms in total. The van der Waals surface area contributed by atoms with Crippen molar-refractivity contribution in [3.8, 4) is 0 Å². The Kier molecular flexibility index (Phi) is 5.49. The molecule has 0 bridgehead atoms. The van der Waals surface area contributed by atoms with Crippen molar-refractivity contribution in [2.75, 3.05) is 18.4 Å². The third kappa shape index (κ3) is 3.94. The monoisotopic (exact) mass is 284 g/mol. The first-order valence-electron chi connectivity index (χ1n) is 5.46. The van der Waals surface area contributed by atoms with Crippen LogP contribution in [0.3, 0.4) is 0 Å². The second-order valence-corrected chi connectivity index (χ2v) is 4.40. The molecule has 0 heterocycles. The number of likely N-dealkylation sites (N-methyl/N-ethyl adjacent to an activating group) is 1. The summed E-state index contributed by atoms with van der Waals surface area (Å²) >= 11 is 3.42. The van der Waals surface area contributed by atoms with E-state index in [0.29, 0.717) is 6.54 Å². The summed E-state index contributed by atoms with van der Waals surface area (Å²) in [6.07, 6.45) is 0.899. The number of amides is 1. The predicted molar refractivity (Wildman–Crippen MR) is 70.7 cm³/mol. The molecule has 1 aromatic carbocycles. The van der Waals surface area contributed by atoms with E-state index in [9.17, 15) is 4.79 Å². The van der Waals surface area contributed by atoms with Gasteiger partial charge in [0.2, 0.25) is 5.91 Å². The number of carbonyl (C=O) groups excluding carboxylic acids is 1. The molecular formula is C12H17BrN2O. The molecule has 0 aliphatic heterocycles. The number of carbonyl (C=O) groups is 1. The van der Waals surface area contributed by atoms with Crippen molar-refractivity contribution in [2.24, 2.45) is 0 Å². The zero-order valence-electron chi connectivity index (χ0n) is 9.64. The number of aryl methyl sites for hydroxylation is 1. The highest BCUT2D eigenvalue weighted by molar-refractivity contribution is 9.10. The molecule has 0 atom stereocenters. The standard InChI is InChI=1S/C12H17BrN2O/c1-3-9-7-10(13)5-6-11(9)15-12(16)8-14-4-2/h5-7,14H,3-4,8H2,1-2H3,(H,15,16). The van der Waals surface area contributed by atoms with Crippen LogP contribution in [-0.2, 0) is 11.2 Å². The van der Waals surface area contributed by atoms with Crippen LogP contribution in [-0.4, -0.2) is 19.0 Å². The van der Waals surface area contributed by atoms with Crippen molar-refractivity contribution in [3.63, 3.8) is 0 Å². The molecule has 0 aliphatic carbocycles. The molecule has 0 aromatic heterocycles. The van der Waals surface area contributed by atoms with Crippen LogP contribution < -0.4 is 10.6 Å². The summed E-state index contributed by atoms with van der Waals surface area (Å²) in [5.41, 5.74) is 2.04. The predicted octanol–water partition coefficient (Wildman–Crippen LogP) is 2.56. The van der Waals surface area contributed by atoms with E-state index >= 15 is 0 Å². The molecule has 1 aromatic rings. The zero-order valence-corrected chi connectivity index (χ0v) is 11.2. The van der Waals surface area contributed by atoms with Crippen molar-refractivity contribution >= 4 is 27.5 Å². The van der Waals surface area contributed by atoms with Crippen LogP contribution in [0.2, 0.25) is 0 Å². The third-order valence-electron chi connectivity index (χ3n) is 2.26. The number of halogens is 1. The van der Waals surface area contributed by atoms with Crippen molar-refractivity contribution in [3.05, 3.63) is 28.2 Å². The lowest BCUT2D eigenvalue weighted by atomic mass is 10.1. The van der Waals surface area contributed by atoms with Gasteiger partial charge in [-0.2, -0.15) is 0 Å². The largest absolute Gasteiger partial charge is 0.325 e. The van der Waals surface area contributed by atoms with Gasteiger partial charge in [0.1, 0.15) is 0 Å². The summed E-state index contributed by atoms with van der Waals surface area (Å²) < 4.78 is 1.04. The highest BCUT2D eigenvalue weighted by Gasteiger charge is 2.05. The highest BCUT2D eigenvalue weighted by Crippen LogP contribution is 2.21. The van der Waals surface area contributed by atoms with Crippen LogP contribution in [0.25, 0.3) is 0 Å². The van der Waals surface area contributed by atoms with E-state index in [2.05, 4.69) is 33.5 Å². The molecule has 1 rings (SSSR count). The van der Waals surface area contributed by atoms with Crippen LogP contribution in [0.1, 0.15) is 19.4 Å². The van der Waals surface area contributed by atoms with Gasteiger partial charge in [-0.15, -0.1) is 0 Å². The Morgan fingerprint density at radius 1 is 1.38 bits per heavy atom. The summed E-state index contributed by atoms with van der Waals surface area (Å²) in [6, 6.07) is 5.89. The Hall–Kier alpha value is -0.870. The maximum atomic E-state index is 11.5. The second kappa shape index (κ2) is 6.66. The van der Waals surface area contributed by atoms with Crippen molar-refractivity contribution in [2.45, 2.75) is 20.3 Å². The summed E-state index contributed by atoms with van der Waals surface area (Å²) in [7, 11) is 0. The lowest BCUT2D eigenvalue weighted by molar-refractivity contribution is -0.115. The van der Waals surface area contributed by atoms with E-state index in [-0.39, 0.29) is 5.91 Å². The van der Waals surface area contributed by atoms with Crippen molar-refractivity contribution in [1.82, 2.24) is 5.32 Å². The Bertz CT molecular complexity index is 366. The zero-order chi connectivity index (χ0) is 12.0. The minimum absolute atomic E-state index is 0.00104. The Balaban J connectivity index is 2.69. The van der Waals surface area contributed by atoms with Crippen molar-refractivity contribution < 1.29 is 4.79 Å². The average molecular weight is 285 g/mol. The number of anilines is 1. The molecule has 0 aliphatic rings. The molecule has 0 radical (unpaired) electrons. The number of hydrogen-bond donors (Lipinski definition) is 2. The summed E-state index contributed by atoms with van der Waals surface area (Å²) in [4.78, 5) is 11.5. The van der Waals surface area contributed by atoms with E-state index in [1.807, 2.05) is 25.1 Å². The van der Waals surface area contributed by atoms with E-state index in [4.69, 9.17) is 0 Å². The first kappa shape index (κ1) is 13.2. The van der Waals surface area contributed by atoms with Gasteiger partial charge in [0.15, 0.2) is 0 Å².